The van der Waals surface area contributed by atoms with E-state index in [1.165, 1.54) is 60.9 Å². The van der Waals surface area contributed by atoms with E-state index in [2.05, 4.69) is 156 Å². The van der Waals surface area contributed by atoms with Gasteiger partial charge in [-0.1, -0.05) is 109 Å². The molecule has 228 valence electrons. The van der Waals surface area contributed by atoms with Gasteiger partial charge in [0.2, 0.25) is 0 Å². The molecule has 0 bridgehead atoms. The standard InChI is InChI=1S/C45H33N3/c1-30-26-33(37-11-3-2-10-34(37)29-47-42-15-7-4-12-38(42)39-13-5-8-16-43(39)47)21-25-36(30)32-19-22-35(23-20-32)48-44-17-9-6-14-40(44)41-24-18-31(28-46)27-45(41)48/h2-7,9-15,17-27H,8,16,29H2,1H3. The van der Waals surface area contributed by atoms with E-state index in [1.54, 1.807) is 0 Å². The molecular weight excluding hydrogens is 583 g/mol. The molecule has 1 aliphatic carbocycles. The van der Waals surface area contributed by atoms with Gasteiger partial charge in [0.1, 0.15) is 0 Å². The average molecular weight is 616 g/mol. The van der Waals surface area contributed by atoms with Crippen LogP contribution in [0.5, 0.6) is 0 Å². The Balaban J connectivity index is 1.07. The van der Waals surface area contributed by atoms with E-state index in [0.717, 1.165) is 41.5 Å². The Labute approximate surface area is 280 Å². The minimum atomic E-state index is 0.665. The zero-order valence-corrected chi connectivity index (χ0v) is 26.8. The van der Waals surface area contributed by atoms with Gasteiger partial charge in [-0.15, -0.1) is 0 Å². The Morgan fingerprint density at radius 1 is 0.646 bits per heavy atom. The molecule has 1 aliphatic rings. The third-order valence-electron chi connectivity index (χ3n) is 10.1. The van der Waals surface area contributed by atoms with Crippen LogP contribution in [0.15, 0.2) is 140 Å². The minimum Gasteiger partial charge on any atom is -0.340 e. The molecule has 48 heavy (non-hydrogen) atoms. The zero-order valence-electron chi connectivity index (χ0n) is 26.8. The van der Waals surface area contributed by atoms with Crippen molar-refractivity contribution in [1.29, 1.82) is 5.26 Å². The third-order valence-corrected chi connectivity index (χ3v) is 10.1. The fourth-order valence-electron chi connectivity index (χ4n) is 7.81. The Bertz CT molecular complexity index is 2600. The summed E-state index contributed by atoms with van der Waals surface area (Å²) in [5.41, 5.74) is 15.6. The van der Waals surface area contributed by atoms with E-state index >= 15 is 0 Å². The summed E-state index contributed by atoms with van der Waals surface area (Å²) in [6.45, 7) is 3.06. The highest BCUT2D eigenvalue weighted by molar-refractivity contribution is 6.09. The van der Waals surface area contributed by atoms with Crippen molar-refractivity contribution in [2.24, 2.45) is 0 Å². The van der Waals surface area contributed by atoms with Gasteiger partial charge in [-0.25, -0.2) is 0 Å². The highest BCUT2D eigenvalue weighted by Crippen LogP contribution is 2.36. The van der Waals surface area contributed by atoms with Gasteiger partial charge in [-0.3, -0.25) is 0 Å². The molecule has 2 aromatic heterocycles. The number of benzene rings is 6. The lowest BCUT2D eigenvalue weighted by Crippen LogP contribution is -2.07. The van der Waals surface area contributed by atoms with Gasteiger partial charge < -0.3 is 9.13 Å². The van der Waals surface area contributed by atoms with Crippen LogP contribution in [0.3, 0.4) is 0 Å². The lowest BCUT2D eigenvalue weighted by Gasteiger charge is -2.17. The first kappa shape index (κ1) is 28.1. The Kier molecular flexibility index (Phi) is 6.62. The monoisotopic (exact) mass is 615 g/mol. The summed E-state index contributed by atoms with van der Waals surface area (Å²) in [6, 6.07) is 50.1. The summed E-state index contributed by atoms with van der Waals surface area (Å²) in [7, 11) is 0. The number of hydrogen-bond acceptors (Lipinski definition) is 1. The average Bonchev–Trinajstić information content (AvgIpc) is 3.64. The fourth-order valence-corrected chi connectivity index (χ4v) is 7.81. The lowest BCUT2D eigenvalue weighted by atomic mass is 9.93. The van der Waals surface area contributed by atoms with E-state index < -0.39 is 0 Å². The van der Waals surface area contributed by atoms with Crippen molar-refractivity contribution in [2.45, 2.75) is 26.3 Å². The third kappa shape index (κ3) is 4.49. The minimum absolute atomic E-state index is 0.665. The molecule has 0 N–H and O–H groups in total. The predicted molar refractivity (Wildman–Crippen MR) is 199 cm³/mol. The lowest BCUT2D eigenvalue weighted by molar-refractivity contribution is 0.756. The molecule has 0 spiro atoms. The summed E-state index contributed by atoms with van der Waals surface area (Å²) in [6.07, 6.45) is 6.78. The van der Waals surface area contributed by atoms with Crippen molar-refractivity contribution >= 4 is 38.8 Å². The van der Waals surface area contributed by atoms with Gasteiger partial charge in [0.05, 0.1) is 22.7 Å². The smallest absolute Gasteiger partial charge is 0.0992 e. The first-order valence-electron chi connectivity index (χ1n) is 16.7. The van der Waals surface area contributed by atoms with Gasteiger partial charge in [-0.2, -0.15) is 5.26 Å². The van der Waals surface area contributed by atoms with Gasteiger partial charge in [-0.05, 0) is 89.5 Å². The van der Waals surface area contributed by atoms with Crippen molar-refractivity contribution in [2.75, 3.05) is 0 Å². The molecule has 3 nitrogen and oxygen atoms in total. The molecule has 0 radical (unpaired) electrons. The second kappa shape index (κ2) is 11.3. The maximum absolute atomic E-state index is 9.60. The van der Waals surface area contributed by atoms with Crippen LogP contribution in [0, 0.1) is 18.3 Å². The molecule has 0 saturated carbocycles. The van der Waals surface area contributed by atoms with E-state index in [-0.39, 0.29) is 0 Å². The largest absolute Gasteiger partial charge is 0.340 e. The number of para-hydroxylation sites is 2. The van der Waals surface area contributed by atoms with Crippen molar-refractivity contribution < 1.29 is 0 Å². The summed E-state index contributed by atoms with van der Waals surface area (Å²) < 4.78 is 4.80. The summed E-state index contributed by atoms with van der Waals surface area (Å²) in [5.74, 6) is 0. The number of rotatable bonds is 5. The SMILES string of the molecule is Cc1cc(-c2ccccc2Cn2c3c(c4ccccc42)C=CCC3)ccc1-c1ccc(-n2c3ccccc3c3ccc(C#N)cc32)cc1. The van der Waals surface area contributed by atoms with E-state index in [4.69, 9.17) is 0 Å². The molecule has 0 aliphatic heterocycles. The van der Waals surface area contributed by atoms with Crippen LogP contribution < -0.4 is 0 Å². The van der Waals surface area contributed by atoms with Gasteiger partial charge in [0, 0.05) is 45.2 Å². The Hall–Kier alpha value is -6.11. The van der Waals surface area contributed by atoms with Crippen molar-refractivity contribution in [3.8, 4) is 34.0 Å². The highest BCUT2D eigenvalue weighted by Gasteiger charge is 2.19. The first-order chi connectivity index (χ1) is 23.7. The van der Waals surface area contributed by atoms with E-state index in [0.29, 0.717) is 5.56 Å². The zero-order chi connectivity index (χ0) is 32.2. The molecular formula is C45H33N3. The second-order valence-electron chi connectivity index (χ2n) is 12.8. The molecule has 2 heterocycles. The van der Waals surface area contributed by atoms with Crippen LogP contribution in [-0.2, 0) is 13.0 Å². The van der Waals surface area contributed by atoms with Crippen LogP contribution >= 0.6 is 0 Å². The maximum atomic E-state index is 9.60. The molecule has 0 saturated heterocycles. The number of nitrogens with zero attached hydrogens (tertiary/aromatic N) is 3. The number of nitriles is 1. The van der Waals surface area contributed by atoms with Crippen LogP contribution in [0.4, 0.5) is 0 Å². The highest BCUT2D eigenvalue weighted by atomic mass is 15.0. The van der Waals surface area contributed by atoms with Crippen molar-refractivity contribution in [3.63, 3.8) is 0 Å². The summed E-state index contributed by atoms with van der Waals surface area (Å²) >= 11 is 0. The molecule has 8 aromatic rings. The molecule has 0 unspecified atom stereocenters. The van der Waals surface area contributed by atoms with Crippen LogP contribution in [-0.4, -0.2) is 9.13 Å². The van der Waals surface area contributed by atoms with E-state index in [1.807, 2.05) is 12.1 Å². The van der Waals surface area contributed by atoms with Gasteiger partial charge in [0.15, 0.2) is 0 Å². The molecule has 9 rings (SSSR count). The number of fused-ring (bicyclic) bond motifs is 6. The molecule has 0 atom stereocenters. The summed E-state index contributed by atoms with van der Waals surface area (Å²) in [4.78, 5) is 0. The molecule has 0 fully saturated rings. The Morgan fingerprint density at radius 2 is 1.38 bits per heavy atom. The fraction of sp³-hybridized carbons (Fsp3) is 0.0889. The summed E-state index contributed by atoms with van der Waals surface area (Å²) in [5, 5.41) is 13.3. The van der Waals surface area contributed by atoms with Crippen LogP contribution in [0.25, 0.3) is 66.7 Å². The normalized spacial score (nSPS) is 12.5. The quantitative estimate of drug-likeness (QED) is 0.190. The van der Waals surface area contributed by atoms with Crippen molar-refractivity contribution in [1.82, 2.24) is 9.13 Å². The molecule has 6 aromatic carbocycles. The van der Waals surface area contributed by atoms with Crippen LogP contribution in [0.2, 0.25) is 0 Å². The van der Waals surface area contributed by atoms with Gasteiger partial charge >= 0.3 is 0 Å². The first-order valence-corrected chi connectivity index (χ1v) is 16.7. The predicted octanol–water partition coefficient (Wildman–Crippen LogP) is 11.3. The number of hydrogen-bond donors (Lipinski definition) is 0. The van der Waals surface area contributed by atoms with E-state index in [9.17, 15) is 5.26 Å². The van der Waals surface area contributed by atoms with Crippen molar-refractivity contribution in [3.05, 3.63) is 167 Å². The molecule has 0 amide bonds. The second-order valence-corrected chi connectivity index (χ2v) is 12.8. The Morgan fingerprint density at radius 3 is 2.21 bits per heavy atom. The number of aryl methyl sites for hydroxylation is 1. The molecule has 3 heteroatoms. The maximum Gasteiger partial charge on any atom is 0.0992 e. The number of allylic oxidation sites excluding steroid dienone is 1. The van der Waals surface area contributed by atoms with Gasteiger partial charge in [0.25, 0.3) is 0 Å². The van der Waals surface area contributed by atoms with Crippen LogP contribution in [0.1, 0.15) is 34.4 Å². The number of aromatic nitrogens is 2. The topological polar surface area (TPSA) is 33.6 Å².